The van der Waals surface area contributed by atoms with Crippen molar-refractivity contribution >= 4 is 0 Å². The van der Waals surface area contributed by atoms with Gasteiger partial charge < -0.3 is 19.4 Å². The standard InChI is InChI=1S/C16H21FN2O4/c1-10-15(8-19(2)7-11(21)9-20)18-16(23-10)13-6-12(22-3)4-5-14(13)17/h4-6,11,20-21H,7-9H2,1-3H3/t11-/m1/s1. The summed E-state index contributed by atoms with van der Waals surface area (Å²) in [6, 6.07) is 4.36. The molecule has 1 aromatic heterocycles. The van der Waals surface area contributed by atoms with Crippen molar-refractivity contribution < 1.29 is 23.8 Å². The third-order valence-corrected chi connectivity index (χ3v) is 3.45. The third kappa shape index (κ3) is 4.28. The molecule has 0 radical (unpaired) electrons. The number of methoxy groups -OCH3 is 1. The molecule has 6 nitrogen and oxygen atoms in total. The van der Waals surface area contributed by atoms with E-state index in [-0.39, 0.29) is 18.1 Å². The summed E-state index contributed by atoms with van der Waals surface area (Å²) in [5.41, 5.74) is 0.881. The number of ether oxygens (including phenoxy) is 1. The Labute approximate surface area is 134 Å². The fourth-order valence-electron chi connectivity index (χ4n) is 2.22. The average Bonchev–Trinajstić information content (AvgIpc) is 2.88. The first-order valence-corrected chi connectivity index (χ1v) is 7.22. The molecule has 0 aliphatic rings. The van der Waals surface area contributed by atoms with Gasteiger partial charge in [-0.1, -0.05) is 0 Å². The van der Waals surface area contributed by atoms with Gasteiger partial charge >= 0.3 is 0 Å². The number of hydrogen-bond acceptors (Lipinski definition) is 6. The number of likely N-dealkylation sites (N-methyl/N-ethyl adjacent to an activating group) is 1. The van der Waals surface area contributed by atoms with E-state index in [2.05, 4.69) is 4.98 Å². The van der Waals surface area contributed by atoms with Crippen LogP contribution in [0.25, 0.3) is 11.5 Å². The Morgan fingerprint density at radius 2 is 2.17 bits per heavy atom. The molecule has 2 rings (SSSR count). The second-order valence-corrected chi connectivity index (χ2v) is 5.40. The highest BCUT2D eigenvalue weighted by Crippen LogP contribution is 2.28. The Morgan fingerprint density at radius 1 is 1.43 bits per heavy atom. The topological polar surface area (TPSA) is 79.0 Å². The van der Waals surface area contributed by atoms with Crippen molar-refractivity contribution in [1.82, 2.24) is 9.88 Å². The number of aromatic nitrogens is 1. The Kier molecular flexibility index (Phi) is 5.70. The van der Waals surface area contributed by atoms with Crippen LogP contribution in [-0.2, 0) is 6.54 Å². The van der Waals surface area contributed by atoms with Crippen molar-refractivity contribution in [1.29, 1.82) is 0 Å². The fraction of sp³-hybridized carbons (Fsp3) is 0.438. The maximum atomic E-state index is 14.0. The number of aliphatic hydroxyl groups is 2. The number of oxazole rings is 1. The molecular weight excluding hydrogens is 303 g/mol. The van der Waals surface area contributed by atoms with E-state index < -0.39 is 11.9 Å². The van der Waals surface area contributed by atoms with Crippen LogP contribution < -0.4 is 4.74 Å². The number of halogens is 1. The van der Waals surface area contributed by atoms with Crippen LogP contribution >= 0.6 is 0 Å². The predicted octanol–water partition coefficient (Wildman–Crippen LogP) is 1.58. The van der Waals surface area contributed by atoms with Gasteiger partial charge in [0.1, 0.15) is 17.3 Å². The van der Waals surface area contributed by atoms with Crippen molar-refractivity contribution in [2.24, 2.45) is 0 Å². The number of aliphatic hydroxyl groups excluding tert-OH is 2. The smallest absolute Gasteiger partial charge is 0.229 e. The van der Waals surface area contributed by atoms with E-state index in [1.807, 2.05) is 0 Å². The number of aryl methyl sites for hydroxylation is 1. The first-order chi connectivity index (χ1) is 10.9. The van der Waals surface area contributed by atoms with Gasteiger partial charge in [0.2, 0.25) is 5.89 Å². The minimum atomic E-state index is -0.817. The van der Waals surface area contributed by atoms with Crippen LogP contribution in [0.1, 0.15) is 11.5 Å². The lowest BCUT2D eigenvalue weighted by atomic mass is 10.2. The first kappa shape index (κ1) is 17.4. The summed E-state index contributed by atoms with van der Waals surface area (Å²) in [4.78, 5) is 6.14. The fourth-order valence-corrected chi connectivity index (χ4v) is 2.22. The minimum absolute atomic E-state index is 0.185. The minimum Gasteiger partial charge on any atom is -0.497 e. The normalized spacial score (nSPS) is 12.7. The highest BCUT2D eigenvalue weighted by Gasteiger charge is 2.17. The summed E-state index contributed by atoms with van der Waals surface area (Å²) >= 11 is 0. The van der Waals surface area contributed by atoms with Crippen LogP contribution in [0.15, 0.2) is 22.6 Å². The number of rotatable bonds is 7. The summed E-state index contributed by atoms with van der Waals surface area (Å²) in [6.07, 6.45) is -0.817. The van der Waals surface area contributed by atoms with E-state index in [0.717, 1.165) is 0 Å². The van der Waals surface area contributed by atoms with Crippen LogP contribution in [0, 0.1) is 12.7 Å². The van der Waals surface area contributed by atoms with Gasteiger partial charge in [-0.3, -0.25) is 4.90 Å². The van der Waals surface area contributed by atoms with Crippen LogP contribution in [0.2, 0.25) is 0 Å². The Hall–Kier alpha value is -1.96. The molecule has 1 heterocycles. The summed E-state index contributed by atoms with van der Waals surface area (Å²) in [5, 5.41) is 18.3. The Morgan fingerprint density at radius 3 is 2.83 bits per heavy atom. The van der Waals surface area contributed by atoms with Gasteiger partial charge in [-0.2, -0.15) is 0 Å². The molecule has 1 atom stereocenters. The number of benzene rings is 1. The molecule has 2 aromatic rings. The van der Waals surface area contributed by atoms with E-state index in [0.29, 0.717) is 30.3 Å². The van der Waals surface area contributed by atoms with Gasteiger partial charge in [-0.05, 0) is 32.2 Å². The summed E-state index contributed by atoms with van der Waals surface area (Å²) < 4.78 is 24.6. The van der Waals surface area contributed by atoms with Crippen LogP contribution in [0.5, 0.6) is 5.75 Å². The lowest BCUT2D eigenvalue weighted by molar-refractivity contribution is 0.0644. The van der Waals surface area contributed by atoms with E-state index in [4.69, 9.17) is 14.3 Å². The molecule has 0 saturated heterocycles. The highest BCUT2D eigenvalue weighted by molar-refractivity contribution is 5.57. The van der Waals surface area contributed by atoms with Gasteiger partial charge in [-0.15, -0.1) is 0 Å². The second kappa shape index (κ2) is 7.54. The maximum Gasteiger partial charge on any atom is 0.229 e. The molecule has 0 bridgehead atoms. The average molecular weight is 324 g/mol. The molecule has 126 valence electrons. The molecule has 23 heavy (non-hydrogen) atoms. The van der Waals surface area contributed by atoms with Crippen molar-refractivity contribution in [2.75, 3.05) is 27.3 Å². The monoisotopic (exact) mass is 324 g/mol. The van der Waals surface area contributed by atoms with Gasteiger partial charge in [0.15, 0.2) is 0 Å². The lowest BCUT2D eigenvalue weighted by Gasteiger charge is -2.18. The molecule has 0 fully saturated rings. The zero-order valence-electron chi connectivity index (χ0n) is 13.4. The molecular formula is C16H21FN2O4. The molecule has 0 unspecified atom stereocenters. The predicted molar refractivity (Wildman–Crippen MR) is 82.6 cm³/mol. The lowest BCUT2D eigenvalue weighted by Crippen LogP contribution is -2.31. The number of nitrogens with zero attached hydrogens (tertiary/aromatic N) is 2. The van der Waals surface area contributed by atoms with Crippen molar-refractivity contribution in [3.8, 4) is 17.2 Å². The highest BCUT2D eigenvalue weighted by atomic mass is 19.1. The molecule has 0 saturated carbocycles. The van der Waals surface area contributed by atoms with Gasteiger partial charge in [0.05, 0.1) is 31.1 Å². The van der Waals surface area contributed by atoms with Crippen LogP contribution in [0.4, 0.5) is 4.39 Å². The van der Waals surface area contributed by atoms with Crippen molar-refractivity contribution in [3.05, 3.63) is 35.5 Å². The quantitative estimate of drug-likeness (QED) is 0.805. The molecule has 0 aliphatic heterocycles. The van der Waals surface area contributed by atoms with E-state index >= 15 is 0 Å². The molecule has 0 aliphatic carbocycles. The van der Waals surface area contributed by atoms with E-state index in [1.165, 1.54) is 25.3 Å². The SMILES string of the molecule is COc1ccc(F)c(-c2nc(CN(C)C[C@@H](O)CO)c(C)o2)c1. The van der Waals surface area contributed by atoms with E-state index in [1.54, 1.807) is 18.9 Å². The zero-order chi connectivity index (χ0) is 17.0. The van der Waals surface area contributed by atoms with Crippen molar-refractivity contribution in [3.63, 3.8) is 0 Å². The largest absolute Gasteiger partial charge is 0.497 e. The summed E-state index contributed by atoms with van der Waals surface area (Å²) in [7, 11) is 3.30. The van der Waals surface area contributed by atoms with Gasteiger partial charge in [0.25, 0.3) is 0 Å². The Bertz CT molecular complexity index is 660. The third-order valence-electron chi connectivity index (χ3n) is 3.45. The van der Waals surface area contributed by atoms with Crippen molar-refractivity contribution in [2.45, 2.75) is 19.6 Å². The van der Waals surface area contributed by atoms with Crippen LogP contribution in [0.3, 0.4) is 0 Å². The summed E-state index contributed by atoms with van der Waals surface area (Å²) in [6.45, 7) is 2.16. The zero-order valence-corrected chi connectivity index (χ0v) is 13.4. The summed E-state index contributed by atoms with van der Waals surface area (Å²) in [5.74, 6) is 0.835. The molecule has 1 aromatic carbocycles. The molecule has 0 spiro atoms. The molecule has 2 N–H and O–H groups in total. The van der Waals surface area contributed by atoms with E-state index in [9.17, 15) is 9.50 Å². The first-order valence-electron chi connectivity index (χ1n) is 7.22. The molecule has 0 amide bonds. The van der Waals surface area contributed by atoms with Crippen LogP contribution in [-0.4, -0.2) is 53.5 Å². The van der Waals surface area contributed by atoms with Gasteiger partial charge in [0, 0.05) is 13.1 Å². The Balaban J connectivity index is 2.21. The maximum absolute atomic E-state index is 14.0. The van der Waals surface area contributed by atoms with Gasteiger partial charge in [-0.25, -0.2) is 9.37 Å². The number of hydrogen-bond donors (Lipinski definition) is 2. The molecule has 7 heteroatoms. The second-order valence-electron chi connectivity index (χ2n) is 5.40.